The van der Waals surface area contributed by atoms with Crippen LogP contribution in [-0.4, -0.2) is 59.9 Å². The molecule has 2 fully saturated rings. The fraction of sp³-hybridized carbons (Fsp3) is 0.647. The molecule has 2 aliphatic rings. The second-order valence-corrected chi connectivity index (χ2v) is 8.86. The molecule has 1 amide bonds. The summed E-state index contributed by atoms with van der Waals surface area (Å²) in [5.41, 5.74) is -0.250. The highest BCUT2D eigenvalue weighted by molar-refractivity contribution is 7.88. The first-order valence-corrected chi connectivity index (χ1v) is 10.7. The molecule has 1 N–H and O–H groups in total. The Morgan fingerprint density at radius 2 is 1.84 bits per heavy atom. The average molecular weight is 367 g/mol. The molecule has 1 aliphatic heterocycles. The topological polar surface area (TPSA) is 90.6 Å². The standard InChI is InChI=1S/C17H25N3O4S/c1-25(23,24)20(13-5-2-6-13)14-7-4-11-19(12-9-14)17(22)15-8-3-10-18-16(15)21/h3,8,10,13-14H,2,4-7,9,11-12H2,1H3,(H,18,21)/t14-/m1/s1. The van der Waals surface area contributed by atoms with Gasteiger partial charge in [0.1, 0.15) is 5.56 Å². The highest BCUT2D eigenvalue weighted by Crippen LogP contribution is 2.32. The summed E-state index contributed by atoms with van der Waals surface area (Å²) in [5.74, 6) is -0.281. The minimum atomic E-state index is -3.26. The van der Waals surface area contributed by atoms with Gasteiger partial charge in [0.2, 0.25) is 10.0 Å². The molecule has 0 spiro atoms. The van der Waals surface area contributed by atoms with Crippen molar-refractivity contribution in [1.29, 1.82) is 0 Å². The predicted molar refractivity (Wildman–Crippen MR) is 94.9 cm³/mol. The van der Waals surface area contributed by atoms with E-state index in [0.29, 0.717) is 19.5 Å². The van der Waals surface area contributed by atoms with E-state index in [2.05, 4.69) is 4.98 Å². The normalized spacial score (nSPS) is 22.5. The third-order valence-electron chi connectivity index (χ3n) is 5.21. The number of aromatic nitrogens is 1. The van der Waals surface area contributed by atoms with Crippen molar-refractivity contribution in [2.75, 3.05) is 19.3 Å². The van der Waals surface area contributed by atoms with Crippen molar-refractivity contribution < 1.29 is 13.2 Å². The smallest absolute Gasteiger partial charge is 0.260 e. The summed E-state index contributed by atoms with van der Waals surface area (Å²) in [6.45, 7) is 1.02. The monoisotopic (exact) mass is 367 g/mol. The molecule has 1 aliphatic carbocycles. The molecular formula is C17H25N3O4S. The average Bonchev–Trinajstić information content (AvgIpc) is 2.75. The number of sulfonamides is 1. The van der Waals surface area contributed by atoms with Gasteiger partial charge in [-0.2, -0.15) is 4.31 Å². The van der Waals surface area contributed by atoms with Crippen LogP contribution in [0, 0.1) is 0 Å². The van der Waals surface area contributed by atoms with Crippen LogP contribution >= 0.6 is 0 Å². The van der Waals surface area contributed by atoms with Crippen LogP contribution in [0.2, 0.25) is 0 Å². The number of hydrogen-bond acceptors (Lipinski definition) is 4. The molecule has 7 nitrogen and oxygen atoms in total. The van der Waals surface area contributed by atoms with Gasteiger partial charge in [-0.25, -0.2) is 8.42 Å². The highest BCUT2D eigenvalue weighted by atomic mass is 32.2. The van der Waals surface area contributed by atoms with Crippen LogP contribution in [0.15, 0.2) is 23.1 Å². The third-order valence-corrected chi connectivity index (χ3v) is 6.57. The number of hydrogen-bond donors (Lipinski definition) is 1. The van der Waals surface area contributed by atoms with E-state index < -0.39 is 10.0 Å². The fourth-order valence-electron chi connectivity index (χ4n) is 3.78. The molecule has 25 heavy (non-hydrogen) atoms. The Bertz CT molecular complexity index is 785. The fourth-order valence-corrected chi connectivity index (χ4v) is 5.28. The minimum absolute atomic E-state index is 0.0628. The van der Waals surface area contributed by atoms with E-state index in [1.807, 2.05) is 0 Å². The van der Waals surface area contributed by atoms with E-state index >= 15 is 0 Å². The van der Waals surface area contributed by atoms with Crippen molar-refractivity contribution in [3.8, 4) is 0 Å². The van der Waals surface area contributed by atoms with Gasteiger partial charge in [-0.1, -0.05) is 6.42 Å². The second-order valence-electron chi connectivity index (χ2n) is 6.97. The Kier molecular flexibility index (Phi) is 5.29. The molecule has 1 saturated heterocycles. The van der Waals surface area contributed by atoms with Gasteiger partial charge in [0, 0.05) is 31.4 Å². The Morgan fingerprint density at radius 1 is 1.16 bits per heavy atom. The van der Waals surface area contributed by atoms with Crippen molar-refractivity contribution in [2.45, 2.75) is 50.6 Å². The summed E-state index contributed by atoms with van der Waals surface area (Å²) in [6, 6.07) is 3.21. The molecule has 0 unspecified atom stereocenters. The zero-order chi connectivity index (χ0) is 18.0. The molecule has 1 aromatic heterocycles. The number of rotatable bonds is 4. The number of amides is 1. The summed E-state index contributed by atoms with van der Waals surface area (Å²) < 4.78 is 26.2. The van der Waals surface area contributed by atoms with Crippen molar-refractivity contribution in [2.24, 2.45) is 0 Å². The number of carbonyl (C=O) groups is 1. The first-order chi connectivity index (χ1) is 11.9. The molecular weight excluding hydrogens is 342 g/mol. The van der Waals surface area contributed by atoms with Crippen LogP contribution in [0.4, 0.5) is 0 Å². The predicted octanol–water partition coefficient (Wildman–Crippen LogP) is 1.18. The van der Waals surface area contributed by atoms with Gasteiger partial charge in [0.15, 0.2) is 0 Å². The minimum Gasteiger partial charge on any atom is -0.338 e. The van der Waals surface area contributed by atoms with Crippen LogP contribution in [0.3, 0.4) is 0 Å². The Morgan fingerprint density at radius 3 is 2.44 bits per heavy atom. The maximum atomic E-state index is 12.6. The van der Waals surface area contributed by atoms with Gasteiger partial charge in [0.25, 0.3) is 11.5 Å². The van der Waals surface area contributed by atoms with Crippen LogP contribution in [-0.2, 0) is 10.0 Å². The molecule has 0 radical (unpaired) electrons. The Balaban J connectivity index is 1.72. The van der Waals surface area contributed by atoms with Crippen molar-refractivity contribution in [3.05, 3.63) is 34.2 Å². The number of nitrogens with zero attached hydrogens (tertiary/aromatic N) is 2. The van der Waals surface area contributed by atoms with Crippen LogP contribution in [0.1, 0.15) is 48.9 Å². The molecule has 2 heterocycles. The van der Waals surface area contributed by atoms with E-state index in [0.717, 1.165) is 32.1 Å². The van der Waals surface area contributed by atoms with E-state index in [-0.39, 0.29) is 29.1 Å². The van der Waals surface area contributed by atoms with E-state index in [4.69, 9.17) is 0 Å². The number of H-pyrrole nitrogens is 1. The lowest BCUT2D eigenvalue weighted by molar-refractivity contribution is 0.0755. The maximum Gasteiger partial charge on any atom is 0.260 e. The van der Waals surface area contributed by atoms with Crippen LogP contribution < -0.4 is 5.56 Å². The van der Waals surface area contributed by atoms with Gasteiger partial charge in [-0.15, -0.1) is 0 Å². The third kappa shape index (κ3) is 3.95. The van der Waals surface area contributed by atoms with E-state index in [9.17, 15) is 18.0 Å². The Labute approximate surface area is 148 Å². The van der Waals surface area contributed by atoms with Crippen LogP contribution in [0.5, 0.6) is 0 Å². The number of nitrogens with one attached hydrogen (secondary N) is 1. The van der Waals surface area contributed by atoms with Crippen LogP contribution in [0.25, 0.3) is 0 Å². The van der Waals surface area contributed by atoms with E-state index in [1.54, 1.807) is 15.3 Å². The summed E-state index contributed by atoms with van der Waals surface area (Å²) in [5, 5.41) is 0. The summed E-state index contributed by atoms with van der Waals surface area (Å²) in [4.78, 5) is 28.7. The molecule has 138 valence electrons. The molecule has 1 saturated carbocycles. The molecule has 1 atom stereocenters. The van der Waals surface area contributed by atoms with Gasteiger partial charge in [-0.3, -0.25) is 9.59 Å². The Hall–Kier alpha value is -1.67. The zero-order valence-corrected chi connectivity index (χ0v) is 15.3. The molecule has 8 heteroatoms. The molecule has 3 rings (SSSR count). The number of aromatic amines is 1. The number of pyridine rings is 1. The SMILES string of the molecule is CS(=O)(=O)N(C1CCC1)[C@@H]1CCCN(C(=O)c2ccc[nH]c2=O)CC1. The summed E-state index contributed by atoms with van der Waals surface area (Å²) >= 11 is 0. The van der Waals surface area contributed by atoms with Gasteiger partial charge in [0.05, 0.1) is 6.26 Å². The highest BCUT2D eigenvalue weighted by Gasteiger charge is 2.37. The van der Waals surface area contributed by atoms with Crippen molar-refractivity contribution >= 4 is 15.9 Å². The lowest BCUT2D eigenvalue weighted by Crippen LogP contribution is -2.50. The van der Waals surface area contributed by atoms with Crippen molar-refractivity contribution in [1.82, 2.24) is 14.2 Å². The molecule has 1 aromatic rings. The van der Waals surface area contributed by atoms with Gasteiger partial charge in [-0.05, 0) is 44.2 Å². The largest absolute Gasteiger partial charge is 0.338 e. The zero-order valence-electron chi connectivity index (χ0n) is 14.5. The first-order valence-electron chi connectivity index (χ1n) is 8.83. The first kappa shape index (κ1) is 18.1. The van der Waals surface area contributed by atoms with Gasteiger partial charge >= 0.3 is 0 Å². The van der Waals surface area contributed by atoms with E-state index in [1.165, 1.54) is 18.5 Å². The number of likely N-dealkylation sites (tertiary alicyclic amines) is 1. The molecule has 0 bridgehead atoms. The lowest BCUT2D eigenvalue weighted by atomic mass is 9.91. The van der Waals surface area contributed by atoms with Crippen molar-refractivity contribution in [3.63, 3.8) is 0 Å². The summed E-state index contributed by atoms with van der Waals surface area (Å²) in [6.07, 6.45) is 7.79. The second kappa shape index (κ2) is 7.29. The summed E-state index contributed by atoms with van der Waals surface area (Å²) in [7, 11) is -3.26. The molecule has 0 aromatic carbocycles. The number of carbonyl (C=O) groups excluding carboxylic acids is 1. The quantitative estimate of drug-likeness (QED) is 0.865. The lowest BCUT2D eigenvalue weighted by Gasteiger charge is -2.40. The maximum absolute atomic E-state index is 12.6. The van der Waals surface area contributed by atoms with Gasteiger partial charge < -0.3 is 9.88 Å².